The summed E-state index contributed by atoms with van der Waals surface area (Å²) < 4.78 is 17.4. The monoisotopic (exact) mass is 610 g/mol. The Morgan fingerprint density at radius 2 is 2.26 bits per heavy atom. The Hall–Kier alpha value is -3.61. The van der Waals surface area contributed by atoms with Crippen LogP contribution in [0.5, 0.6) is 0 Å². The number of carboxylic acid groups (broad SMARTS) is 1. The van der Waals surface area contributed by atoms with E-state index in [1.54, 1.807) is 13.1 Å². The van der Waals surface area contributed by atoms with Crippen LogP contribution < -0.4 is 10.9 Å². The molecule has 4 heterocycles. The number of anilines is 1. The van der Waals surface area contributed by atoms with Gasteiger partial charge >= 0.3 is 6.09 Å². The zero-order valence-electron chi connectivity index (χ0n) is 21.1. The Labute approximate surface area is 236 Å². The number of nitrogens with zero attached hydrogens (tertiary/aromatic N) is 5. The SMILES string of the molecule is CSc1nc2c(F)c(Br)c(CCC#N)cc2c(N[C@H]2[C@@H]3C[C@H]2N(C(=O)O)C3)c1C#C[C@@H](C)n1ccncc1=O. The fourth-order valence-corrected chi connectivity index (χ4v) is 6.34. The number of benzene rings is 1. The molecular weight excluding hydrogens is 587 g/mol. The van der Waals surface area contributed by atoms with E-state index >= 15 is 4.39 Å². The molecule has 0 spiro atoms. The maximum absolute atomic E-state index is 15.7. The lowest BCUT2D eigenvalue weighted by Crippen LogP contribution is -2.49. The topological polar surface area (TPSA) is 124 Å². The summed E-state index contributed by atoms with van der Waals surface area (Å²) in [5.41, 5.74) is 1.61. The molecule has 39 heavy (non-hydrogen) atoms. The third kappa shape index (κ3) is 4.83. The van der Waals surface area contributed by atoms with E-state index in [9.17, 15) is 14.7 Å². The van der Waals surface area contributed by atoms with Gasteiger partial charge in [0, 0.05) is 36.7 Å². The van der Waals surface area contributed by atoms with Gasteiger partial charge in [0.25, 0.3) is 5.56 Å². The van der Waals surface area contributed by atoms with Crippen molar-refractivity contribution in [1.82, 2.24) is 19.4 Å². The number of nitrogens with one attached hydrogen (secondary N) is 1. The zero-order valence-corrected chi connectivity index (χ0v) is 23.5. The zero-order chi connectivity index (χ0) is 27.8. The minimum absolute atomic E-state index is 0.125. The molecule has 2 aromatic heterocycles. The van der Waals surface area contributed by atoms with Gasteiger partial charge in [-0.05, 0) is 53.6 Å². The Morgan fingerprint density at radius 3 is 2.92 bits per heavy atom. The summed E-state index contributed by atoms with van der Waals surface area (Å²) in [6, 6.07) is 3.09. The van der Waals surface area contributed by atoms with Crippen molar-refractivity contribution in [2.24, 2.45) is 5.92 Å². The molecule has 3 aliphatic rings. The first-order chi connectivity index (χ1) is 18.7. The second-order valence-electron chi connectivity index (χ2n) is 9.52. The van der Waals surface area contributed by atoms with Gasteiger partial charge in [-0.1, -0.05) is 11.8 Å². The fraction of sp³-hybridized carbons (Fsp3) is 0.370. The molecule has 2 aliphatic heterocycles. The van der Waals surface area contributed by atoms with Crippen LogP contribution in [0.3, 0.4) is 0 Å². The number of amides is 1. The van der Waals surface area contributed by atoms with Crippen LogP contribution in [0.1, 0.15) is 36.9 Å². The number of nitriles is 1. The Morgan fingerprint density at radius 1 is 1.46 bits per heavy atom. The summed E-state index contributed by atoms with van der Waals surface area (Å²) in [6.45, 7) is 2.23. The van der Waals surface area contributed by atoms with E-state index in [1.165, 1.54) is 33.6 Å². The summed E-state index contributed by atoms with van der Waals surface area (Å²) in [5, 5.41) is 23.3. The molecule has 3 fully saturated rings. The van der Waals surface area contributed by atoms with Gasteiger partial charge in [0.15, 0.2) is 5.82 Å². The maximum atomic E-state index is 15.7. The summed E-state index contributed by atoms with van der Waals surface area (Å²) in [7, 11) is 0. The number of carbonyl (C=O) groups is 1. The van der Waals surface area contributed by atoms with Gasteiger partial charge in [-0.15, -0.1) is 11.8 Å². The van der Waals surface area contributed by atoms with Crippen molar-refractivity contribution in [2.45, 2.75) is 49.3 Å². The number of aromatic nitrogens is 3. The predicted octanol–water partition coefficient (Wildman–Crippen LogP) is 4.65. The first kappa shape index (κ1) is 27.0. The molecule has 0 radical (unpaired) electrons. The van der Waals surface area contributed by atoms with Crippen molar-refractivity contribution in [3.05, 3.63) is 56.4 Å². The highest BCUT2D eigenvalue weighted by Crippen LogP contribution is 2.45. The number of thioether (sulfide) groups is 1. The number of hydrogen-bond donors (Lipinski definition) is 2. The van der Waals surface area contributed by atoms with Crippen LogP contribution in [-0.2, 0) is 6.42 Å². The van der Waals surface area contributed by atoms with Gasteiger partial charge in [-0.3, -0.25) is 14.3 Å². The average Bonchev–Trinajstić information content (AvgIpc) is 3.52. The van der Waals surface area contributed by atoms with Crippen LogP contribution in [0.2, 0.25) is 0 Å². The van der Waals surface area contributed by atoms with Gasteiger partial charge in [0.05, 0.1) is 46.1 Å². The van der Waals surface area contributed by atoms with Gasteiger partial charge in [-0.25, -0.2) is 14.2 Å². The molecule has 1 aromatic carbocycles. The highest BCUT2D eigenvalue weighted by Gasteiger charge is 2.54. The predicted molar refractivity (Wildman–Crippen MR) is 149 cm³/mol. The summed E-state index contributed by atoms with van der Waals surface area (Å²) in [5.74, 6) is 5.92. The molecule has 1 amide bonds. The van der Waals surface area contributed by atoms with E-state index in [-0.39, 0.29) is 40.0 Å². The average molecular weight is 611 g/mol. The minimum Gasteiger partial charge on any atom is -0.465 e. The number of rotatable bonds is 6. The number of pyridine rings is 1. The van der Waals surface area contributed by atoms with Crippen molar-refractivity contribution >= 4 is 50.4 Å². The lowest BCUT2D eigenvalue weighted by atomic mass is 9.79. The lowest BCUT2D eigenvalue weighted by Gasteiger charge is -2.37. The van der Waals surface area contributed by atoms with Gasteiger partial charge in [-0.2, -0.15) is 5.26 Å². The largest absolute Gasteiger partial charge is 0.465 e. The van der Waals surface area contributed by atoms with Crippen molar-refractivity contribution in [3.8, 4) is 17.9 Å². The van der Waals surface area contributed by atoms with Crippen molar-refractivity contribution < 1.29 is 14.3 Å². The molecule has 6 rings (SSSR count). The molecule has 4 atom stereocenters. The van der Waals surface area contributed by atoms with Gasteiger partial charge < -0.3 is 15.3 Å². The Balaban J connectivity index is 1.68. The first-order valence-electron chi connectivity index (χ1n) is 12.3. The Bertz CT molecular complexity index is 1640. The van der Waals surface area contributed by atoms with Crippen molar-refractivity contribution in [2.75, 3.05) is 18.1 Å². The molecule has 12 heteroatoms. The van der Waals surface area contributed by atoms with Crippen LogP contribution in [0.4, 0.5) is 14.9 Å². The van der Waals surface area contributed by atoms with Gasteiger partial charge in [0.2, 0.25) is 0 Å². The van der Waals surface area contributed by atoms with E-state index in [0.717, 1.165) is 6.42 Å². The van der Waals surface area contributed by atoms with Gasteiger partial charge in [0.1, 0.15) is 10.5 Å². The molecule has 1 aliphatic carbocycles. The highest BCUT2D eigenvalue weighted by atomic mass is 79.9. The second-order valence-corrected chi connectivity index (χ2v) is 11.1. The number of halogens is 2. The van der Waals surface area contributed by atoms with E-state index in [4.69, 9.17) is 5.26 Å². The summed E-state index contributed by atoms with van der Waals surface area (Å²) >= 11 is 4.66. The Kier molecular flexibility index (Phi) is 7.52. The summed E-state index contributed by atoms with van der Waals surface area (Å²) in [6.07, 6.45) is 6.50. The van der Waals surface area contributed by atoms with E-state index in [0.29, 0.717) is 40.2 Å². The first-order valence-corrected chi connectivity index (χ1v) is 14.3. The van der Waals surface area contributed by atoms with Crippen LogP contribution in [0, 0.1) is 34.9 Å². The number of fused-ring (bicyclic) bond motifs is 2. The standard InChI is InChI=1S/C27H24BrFN6O3S/c1-14(34-9-8-31-12-20(34)36)5-6-17-24(32-23-16-11-19(23)35(13-16)27(37)38)18-10-15(4-3-7-30)21(28)22(29)25(18)33-26(17)39-2/h8-10,12,14,16,19,23H,3-4,11,13H2,1-2H3,(H,32,33)(H,37,38)/t14-,16-,19-,23+/m1/s1. The third-order valence-corrected chi connectivity index (χ3v) is 8.87. The molecule has 1 saturated carbocycles. The van der Waals surface area contributed by atoms with Crippen LogP contribution >= 0.6 is 27.7 Å². The maximum Gasteiger partial charge on any atom is 0.407 e. The molecule has 200 valence electrons. The lowest BCUT2D eigenvalue weighted by molar-refractivity contribution is 0.140. The van der Waals surface area contributed by atoms with E-state index in [2.05, 4.69) is 49.1 Å². The number of hydrogen-bond acceptors (Lipinski definition) is 7. The molecular formula is C27H24BrFN6O3S. The molecule has 9 nitrogen and oxygen atoms in total. The molecule has 2 N–H and O–H groups in total. The third-order valence-electron chi connectivity index (χ3n) is 7.33. The van der Waals surface area contributed by atoms with Crippen LogP contribution in [0.15, 0.2) is 39.0 Å². The second kappa shape index (κ2) is 10.9. The molecule has 2 saturated heterocycles. The smallest absolute Gasteiger partial charge is 0.407 e. The quantitative estimate of drug-likeness (QED) is 0.305. The van der Waals surface area contributed by atoms with E-state index < -0.39 is 18.0 Å². The molecule has 3 aromatic rings. The molecule has 0 unspecified atom stereocenters. The highest BCUT2D eigenvalue weighted by molar-refractivity contribution is 9.10. The normalized spacial score (nSPS) is 20.1. The minimum atomic E-state index is -0.957. The van der Waals surface area contributed by atoms with Crippen molar-refractivity contribution in [3.63, 3.8) is 0 Å². The number of aryl methyl sites for hydroxylation is 1. The van der Waals surface area contributed by atoms with E-state index in [1.807, 2.05) is 12.3 Å². The van der Waals surface area contributed by atoms with Crippen LogP contribution in [-0.4, -0.2) is 55.5 Å². The fourth-order valence-electron chi connectivity index (χ4n) is 5.30. The summed E-state index contributed by atoms with van der Waals surface area (Å²) in [4.78, 5) is 33.9. The van der Waals surface area contributed by atoms with Crippen LogP contribution in [0.25, 0.3) is 10.9 Å². The molecule has 2 bridgehead atoms. The van der Waals surface area contributed by atoms with Crippen molar-refractivity contribution in [1.29, 1.82) is 5.26 Å².